The molecule has 0 spiro atoms. The quantitative estimate of drug-likeness (QED) is 0.323. The first-order valence-corrected chi connectivity index (χ1v) is 6.93. The van der Waals surface area contributed by atoms with E-state index in [1.54, 1.807) is 0 Å². The van der Waals surface area contributed by atoms with Crippen molar-refractivity contribution in [2.24, 2.45) is 5.73 Å². The number of nitrogens with one attached hydrogen (secondary N) is 3. The molecule has 0 heterocycles. The average Bonchev–Trinajstić information content (AvgIpc) is 2.41. The Kier molecular flexibility index (Phi) is 8.30. The summed E-state index contributed by atoms with van der Waals surface area (Å²) < 4.78 is 0. The fourth-order valence-corrected chi connectivity index (χ4v) is 1.60. The number of nitrogens with two attached hydrogens (primary N) is 1. The van der Waals surface area contributed by atoms with Gasteiger partial charge in [0, 0.05) is 13.3 Å². The number of carboxylic acid groups (broad SMARTS) is 1. The number of hydrogen-bond acceptors (Lipinski definition) is 5. The summed E-state index contributed by atoms with van der Waals surface area (Å²) in [6.07, 6.45) is -0.286. The Morgan fingerprint density at radius 2 is 1.57 bits per heavy atom. The molecule has 6 N–H and O–H groups in total. The Labute approximate surface area is 133 Å². The standard InChI is InChI=1S/C13H22N4O6/c1-6(15-8(3)18)12(21)17-9(11(14)20)4-5-10(19)16-7(2)13(22)23/h6-7,9H,4-5H2,1-3H3,(H2,14,20)(H,15,18)(H,16,19)(H,17,21)(H,22,23)/t6-,7-,9+/m0/s1. The maximum Gasteiger partial charge on any atom is 0.325 e. The van der Waals surface area contributed by atoms with Crippen LogP contribution in [-0.4, -0.2) is 52.8 Å². The Hall–Kier alpha value is -2.65. The third-order valence-electron chi connectivity index (χ3n) is 2.88. The lowest BCUT2D eigenvalue weighted by Gasteiger charge is -2.19. The molecule has 23 heavy (non-hydrogen) atoms. The number of carbonyl (C=O) groups excluding carboxylic acids is 4. The molecule has 0 rings (SSSR count). The second kappa shape index (κ2) is 9.38. The van der Waals surface area contributed by atoms with Crippen LogP contribution in [0.15, 0.2) is 0 Å². The first-order valence-electron chi connectivity index (χ1n) is 6.93. The monoisotopic (exact) mass is 330 g/mol. The van der Waals surface area contributed by atoms with Crippen molar-refractivity contribution in [1.82, 2.24) is 16.0 Å². The molecule has 10 nitrogen and oxygen atoms in total. The lowest BCUT2D eigenvalue weighted by atomic mass is 10.1. The Morgan fingerprint density at radius 1 is 1.00 bits per heavy atom. The number of carbonyl (C=O) groups is 5. The van der Waals surface area contributed by atoms with Gasteiger partial charge >= 0.3 is 5.97 Å². The molecule has 0 aromatic carbocycles. The van der Waals surface area contributed by atoms with E-state index >= 15 is 0 Å². The van der Waals surface area contributed by atoms with Crippen LogP contribution >= 0.6 is 0 Å². The lowest BCUT2D eigenvalue weighted by Crippen LogP contribution is -2.52. The van der Waals surface area contributed by atoms with E-state index in [4.69, 9.17) is 10.8 Å². The first kappa shape index (κ1) is 20.3. The van der Waals surface area contributed by atoms with E-state index in [1.165, 1.54) is 20.8 Å². The highest BCUT2D eigenvalue weighted by Gasteiger charge is 2.23. The van der Waals surface area contributed by atoms with Crippen molar-refractivity contribution >= 4 is 29.6 Å². The van der Waals surface area contributed by atoms with Crippen LogP contribution in [0.4, 0.5) is 0 Å². The van der Waals surface area contributed by atoms with Crippen molar-refractivity contribution < 1.29 is 29.1 Å². The van der Waals surface area contributed by atoms with E-state index in [2.05, 4.69) is 16.0 Å². The van der Waals surface area contributed by atoms with E-state index in [0.29, 0.717) is 0 Å². The van der Waals surface area contributed by atoms with Crippen molar-refractivity contribution in [3.8, 4) is 0 Å². The van der Waals surface area contributed by atoms with Crippen LogP contribution in [0.2, 0.25) is 0 Å². The molecule has 0 aromatic rings. The molecule has 4 amide bonds. The minimum absolute atomic E-state index is 0.0912. The molecular formula is C13H22N4O6. The molecule has 0 bridgehead atoms. The molecule has 130 valence electrons. The molecule has 0 aliphatic rings. The Balaban J connectivity index is 4.50. The highest BCUT2D eigenvalue weighted by atomic mass is 16.4. The predicted octanol–water partition coefficient (Wildman–Crippen LogP) is -2.15. The van der Waals surface area contributed by atoms with Crippen LogP contribution < -0.4 is 21.7 Å². The zero-order valence-electron chi connectivity index (χ0n) is 13.2. The average molecular weight is 330 g/mol. The lowest BCUT2D eigenvalue weighted by molar-refractivity contribution is -0.141. The summed E-state index contributed by atoms with van der Waals surface area (Å²) in [5.74, 6) is -3.65. The second-order valence-electron chi connectivity index (χ2n) is 5.05. The van der Waals surface area contributed by atoms with Gasteiger partial charge in [0.25, 0.3) is 0 Å². The molecular weight excluding hydrogens is 308 g/mol. The van der Waals surface area contributed by atoms with Gasteiger partial charge in [0.15, 0.2) is 0 Å². The predicted molar refractivity (Wildman–Crippen MR) is 78.9 cm³/mol. The third-order valence-corrected chi connectivity index (χ3v) is 2.88. The molecule has 0 saturated heterocycles. The van der Waals surface area contributed by atoms with Crippen molar-refractivity contribution in [2.45, 2.75) is 51.7 Å². The second-order valence-corrected chi connectivity index (χ2v) is 5.05. The number of amides is 4. The van der Waals surface area contributed by atoms with Crippen LogP contribution in [0.25, 0.3) is 0 Å². The number of carboxylic acids is 1. The van der Waals surface area contributed by atoms with Gasteiger partial charge in [0.2, 0.25) is 23.6 Å². The molecule has 0 radical (unpaired) electrons. The number of hydrogen-bond donors (Lipinski definition) is 5. The van der Waals surface area contributed by atoms with Gasteiger partial charge in [-0.05, 0) is 20.3 Å². The first-order chi connectivity index (χ1) is 10.5. The van der Waals surface area contributed by atoms with Gasteiger partial charge in [0.05, 0.1) is 0 Å². The number of rotatable bonds is 9. The van der Waals surface area contributed by atoms with Gasteiger partial charge in [-0.3, -0.25) is 24.0 Å². The van der Waals surface area contributed by atoms with E-state index < -0.39 is 47.7 Å². The summed E-state index contributed by atoms with van der Waals surface area (Å²) in [7, 11) is 0. The van der Waals surface area contributed by atoms with Gasteiger partial charge < -0.3 is 26.8 Å². The molecule has 0 aliphatic carbocycles. The highest BCUT2D eigenvalue weighted by molar-refractivity contribution is 5.91. The zero-order chi connectivity index (χ0) is 18.2. The Bertz CT molecular complexity index is 493. The van der Waals surface area contributed by atoms with Gasteiger partial charge in [-0.1, -0.05) is 0 Å². The molecule has 0 unspecified atom stereocenters. The zero-order valence-corrected chi connectivity index (χ0v) is 13.2. The summed E-state index contributed by atoms with van der Waals surface area (Å²) in [5, 5.41) is 15.6. The van der Waals surface area contributed by atoms with Crippen LogP contribution in [0.3, 0.4) is 0 Å². The summed E-state index contributed by atoms with van der Waals surface area (Å²) in [6, 6.07) is -3.04. The van der Waals surface area contributed by atoms with E-state index in [-0.39, 0.29) is 12.8 Å². The molecule has 10 heteroatoms. The van der Waals surface area contributed by atoms with Crippen LogP contribution in [-0.2, 0) is 24.0 Å². The fraction of sp³-hybridized carbons (Fsp3) is 0.615. The van der Waals surface area contributed by atoms with Crippen molar-refractivity contribution in [2.75, 3.05) is 0 Å². The van der Waals surface area contributed by atoms with Gasteiger partial charge in [-0.15, -0.1) is 0 Å². The summed E-state index contributed by atoms with van der Waals surface area (Å²) in [4.78, 5) is 56.1. The van der Waals surface area contributed by atoms with Crippen LogP contribution in [0.1, 0.15) is 33.6 Å². The number of primary amides is 1. The molecule has 0 fully saturated rings. The molecule has 3 atom stereocenters. The van der Waals surface area contributed by atoms with E-state index in [9.17, 15) is 24.0 Å². The van der Waals surface area contributed by atoms with Gasteiger partial charge in [0.1, 0.15) is 18.1 Å². The third kappa shape index (κ3) is 8.39. The smallest absolute Gasteiger partial charge is 0.325 e. The van der Waals surface area contributed by atoms with E-state index in [0.717, 1.165) is 0 Å². The molecule has 0 aliphatic heterocycles. The molecule has 0 aromatic heterocycles. The molecule has 0 saturated carbocycles. The normalized spacial score (nSPS) is 14.0. The number of aliphatic carboxylic acids is 1. The van der Waals surface area contributed by atoms with Crippen molar-refractivity contribution in [1.29, 1.82) is 0 Å². The summed E-state index contributed by atoms with van der Waals surface area (Å²) >= 11 is 0. The minimum atomic E-state index is -1.19. The van der Waals surface area contributed by atoms with Crippen LogP contribution in [0.5, 0.6) is 0 Å². The van der Waals surface area contributed by atoms with E-state index in [1.807, 2.05) is 0 Å². The van der Waals surface area contributed by atoms with Gasteiger partial charge in [-0.2, -0.15) is 0 Å². The summed E-state index contributed by atoms with van der Waals surface area (Å²) in [5.41, 5.74) is 5.16. The summed E-state index contributed by atoms with van der Waals surface area (Å²) in [6.45, 7) is 3.96. The SMILES string of the molecule is CC(=O)N[C@@H](C)C(=O)N[C@H](CCC(=O)N[C@@H](C)C(=O)O)C(N)=O. The fourth-order valence-electron chi connectivity index (χ4n) is 1.60. The van der Waals surface area contributed by atoms with Crippen LogP contribution in [0, 0.1) is 0 Å². The maximum atomic E-state index is 11.8. The van der Waals surface area contributed by atoms with Crippen molar-refractivity contribution in [3.63, 3.8) is 0 Å². The minimum Gasteiger partial charge on any atom is -0.480 e. The maximum absolute atomic E-state index is 11.8. The topological polar surface area (TPSA) is 168 Å². The Morgan fingerprint density at radius 3 is 2.00 bits per heavy atom. The highest BCUT2D eigenvalue weighted by Crippen LogP contribution is 1.99. The van der Waals surface area contributed by atoms with Gasteiger partial charge in [-0.25, -0.2) is 0 Å². The van der Waals surface area contributed by atoms with Crippen molar-refractivity contribution in [3.05, 3.63) is 0 Å². The largest absolute Gasteiger partial charge is 0.480 e.